The van der Waals surface area contributed by atoms with Gasteiger partial charge < -0.3 is 10.4 Å². The molecule has 0 aliphatic heterocycles. The maximum Gasteiger partial charge on any atom is 0.244 e. The quantitative estimate of drug-likeness (QED) is 0.828. The van der Waals surface area contributed by atoms with E-state index in [4.69, 9.17) is 0 Å². The molecule has 1 aliphatic carbocycles. The Labute approximate surface area is 120 Å². The predicted octanol–water partition coefficient (Wildman–Crippen LogP) is 2.59. The summed E-state index contributed by atoms with van der Waals surface area (Å²) >= 11 is 0. The third-order valence-corrected chi connectivity index (χ3v) is 4.06. The highest BCUT2D eigenvalue weighted by Gasteiger charge is 2.27. The average molecular weight is 273 g/mol. The van der Waals surface area contributed by atoms with Crippen molar-refractivity contribution in [3.05, 3.63) is 41.0 Å². The van der Waals surface area contributed by atoms with Crippen molar-refractivity contribution >= 4 is 12.0 Å². The number of carbonyl (C=O) groups excluding carboxylic acids is 1. The molecule has 1 aromatic carbocycles. The van der Waals surface area contributed by atoms with Crippen LogP contribution in [0.5, 0.6) is 0 Å². The minimum absolute atomic E-state index is 0.0738. The SMILES string of the molecule is Cc1ccc(/C=C/C(=O)NC2CCCC2CO)c(C)c1. The number of amides is 1. The van der Waals surface area contributed by atoms with Crippen molar-refractivity contribution in [1.29, 1.82) is 0 Å². The van der Waals surface area contributed by atoms with Gasteiger partial charge in [0.2, 0.25) is 5.91 Å². The standard InChI is InChI=1S/C17H23NO2/c1-12-6-7-14(13(2)10-12)8-9-17(20)18-16-5-3-4-15(16)11-19/h6-10,15-16,19H,3-5,11H2,1-2H3,(H,18,20)/b9-8+. The zero-order chi connectivity index (χ0) is 14.5. The van der Waals surface area contributed by atoms with Gasteiger partial charge in [-0.25, -0.2) is 0 Å². The van der Waals surface area contributed by atoms with Crippen LogP contribution >= 0.6 is 0 Å². The van der Waals surface area contributed by atoms with Gasteiger partial charge in [-0.15, -0.1) is 0 Å². The molecule has 3 heteroatoms. The zero-order valence-electron chi connectivity index (χ0n) is 12.2. The van der Waals surface area contributed by atoms with Gasteiger partial charge in [-0.1, -0.05) is 30.2 Å². The van der Waals surface area contributed by atoms with E-state index in [1.54, 1.807) is 6.08 Å². The van der Waals surface area contributed by atoms with Crippen molar-refractivity contribution in [3.8, 4) is 0 Å². The smallest absolute Gasteiger partial charge is 0.244 e. The van der Waals surface area contributed by atoms with Crippen molar-refractivity contribution in [3.63, 3.8) is 0 Å². The molecular weight excluding hydrogens is 250 g/mol. The summed E-state index contributed by atoms with van der Waals surface area (Å²) in [6, 6.07) is 6.30. The van der Waals surface area contributed by atoms with E-state index < -0.39 is 0 Å². The van der Waals surface area contributed by atoms with Gasteiger partial charge in [-0.3, -0.25) is 4.79 Å². The summed E-state index contributed by atoms with van der Waals surface area (Å²) in [5, 5.41) is 12.2. The van der Waals surface area contributed by atoms with Crippen molar-refractivity contribution in [2.45, 2.75) is 39.2 Å². The molecule has 0 heterocycles. The van der Waals surface area contributed by atoms with Gasteiger partial charge in [0.05, 0.1) is 0 Å². The number of aryl methyl sites for hydroxylation is 2. The van der Waals surface area contributed by atoms with Crippen LogP contribution in [0.3, 0.4) is 0 Å². The van der Waals surface area contributed by atoms with Crippen LogP contribution < -0.4 is 5.32 Å². The van der Waals surface area contributed by atoms with Crippen LogP contribution in [0.15, 0.2) is 24.3 Å². The van der Waals surface area contributed by atoms with E-state index in [2.05, 4.69) is 18.3 Å². The average Bonchev–Trinajstić information content (AvgIpc) is 2.85. The number of hydrogen-bond donors (Lipinski definition) is 2. The van der Waals surface area contributed by atoms with Crippen LogP contribution in [-0.4, -0.2) is 23.7 Å². The molecule has 0 saturated heterocycles. The van der Waals surface area contributed by atoms with Gasteiger partial charge in [0.25, 0.3) is 0 Å². The first kappa shape index (κ1) is 14.8. The summed E-state index contributed by atoms with van der Waals surface area (Å²) in [5.74, 6) is 0.142. The Bertz CT molecular complexity index is 508. The molecule has 0 spiro atoms. The van der Waals surface area contributed by atoms with Gasteiger partial charge >= 0.3 is 0 Å². The topological polar surface area (TPSA) is 49.3 Å². The number of hydrogen-bond acceptors (Lipinski definition) is 2. The fraction of sp³-hybridized carbons (Fsp3) is 0.471. The summed E-state index contributed by atoms with van der Waals surface area (Å²) in [7, 11) is 0. The van der Waals surface area contributed by atoms with E-state index in [9.17, 15) is 9.90 Å². The molecule has 1 aromatic rings. The van der Waals surface area contributed by atoms with Crippen molar-refractivity contribution in [2.24, 2.45) is 5.92 Å². The Morgan fingerprint density at radius 2 is 2.20 bits per heavy atom. The Balaban J connectivity index is 1.95. The lowest BCUT2D eigenvalue weighted by molar-refractivity contribution is -0.117. The lowest BCUT2D eigenvalue weighted by Gasteiger charge is -2.17. The van der Waals surface area contributed by atoms with Gasteiger partial charge in [-0.2, -0.15) is 0 Å². The normalized spacial score (nSPS) is 22.4. The minimum atomic E-state index is -0.0738. The molecule has 0 aromatic heterocycles. The van der Waals surface area contributed by atoms with E-state index in [1.165, 1.54) is 11.1 Å². The minimum Gasteiger partial charge on any atom is -0.396 e. The second-order valence-corrected chi connectivity index (χ2v) is 5.68. The molecule has 1 fully saturated rings. The van der Waals surface area contributed by atoms with Gasteiger partial charge in [0.15, 0.2) is 0 Å². The maximum absolute atomic E-state index is 11.9. The van der Waals surface area contributed by atoms with Crippen LogP contribution in [0, 0.1) is 19.8 Å². The van der Waals surface area contributed by atoms with Gasteiger partial charge in [-0.05, 0) is 43.9 Å². The Hall–Kier alpha value is -1.61. The van der Waals surface area contributed by atoms with Gasteiger partial charge in [0.1, 0.15) is 0 Å². The van der Waals surface area contributed by atoms with Crippen molar-refractivity contribution in [2.75, 3.05) is 6.61 Å². The fourth-order valence-electron chi connectivity index (χ4n) is 2.85. The Morgan fingerprint density at radius 1 is 1.40 bits per heavy atom. The summed E-state index contributed by atoms with van der Waals surface area (Å²) < 4.78 is 0. The number of aliphatic hydroxyl groups is 1. The largest absolute Gasteiger partial charge is 0.396 e. The maximum atomic E-state index is 11.9. The first-order valence-electron chi connectivity index (χ1n) is 7.27. The molecule has 2 unspecified atom stereocenters. The summed E-state index contributed by atoms with van der Waals surface area (Å²) in [6.45, 7) is 4.26. The Morgan fingerprint density at radius 3 is 2.90 bits per heavy atom. The number of nitrogens with one attached hydrogen (secondary N) is 1. The fourth-order valence-corrected chi connectivity index (χ4v) is 2.85. The van der Waals surface area contributed by atoms with E-state index in [-0.39, 0.29) is 24.5 Å². The van der Waals surface area contributed by atoms with Crippen molar-refractivity contribution in [1.82, 2.24) is 5.32 Å². The highest BCUT2D eigenvalue weighted by atomic mass is 16.3. The highest BCUT2D eigenvalue weighted by Crippen LogP contribution is 2.25. The first-order valence-corrected chi connectivity index (χ1v) is 7.27. The third-order valence-electron chi connectivity index (χ3n) is 4.06. The molecule has 1 saturated carbocycles. The van der Waals surface area contributed by atoms with E-state index in [1.807, 2.05) is 25.1 Å². The summed E-state index contributed by atoms with van der Waals surface area (Å²) in [5.41, 5.74) is 3.46. The monoisotopic (exact) mass is 273 g/mol. The molecule has 20 heavy (non-hydrogen) atoms. The van der Waals surface area contributed by atoms with E-state index >= 15 is 0 Å². The van der Waals surface area contributed by atoms with Gasteiger partial charge in [0, 0.05) is 24.6 Å². The number of rotatable bonds is 4. The molecule has 1 aliphatic rings. The zero-order valence-corrected chi connectivity index (χ0v) is 12.2. The molecule has 2 rings (SSSR count). The third kappa shape index (κ3) is 3.70. The highest BCUT2D eigenvalue weighted by molar-refractivity contribution is 5.92. The van der Waals surface area contributed by atoms with E-state index in [0.717, 1.165) is 24.8 Å². The second-order valence-electron chi connectivity index (χ2n) is 5.68. The number of carbonyl (C=O) groups is 1. The lowest BCUT2D eigenvalue weighted by atomic mass is 10.0. The second kappa shape index (κ2) is 6.71. The predicted molar refractivity (Wildman–Crippen MR) is 81.3 cm³/mol. The Kier molecular flexibility index (Phi) is 4.96. The summed E-state index contributed by atoms with van der Waals surface area (Å²) in [4.78, 5) is 11.9. The number of aliphatic hydroxyl groups excluding tert-OH is 1. The molecule has 2 N–H and O–H groups in total. The first-order chi connectivity index (χ1) is 9.60. The molecule has 3 nitrogen and oxygen atoms in total. The molecule has 108 valence electrons. The molecule has 0 radical (unpaired) electrons. The van der Waals surface area contributed by atoms with Crippen LogP contribution in [0.1, 0.15) is 36.0 Å². The van der Waals surface area contributed by atoms with E-state index in [0.29, 0.717) is 0 Å². The summed E-state index contributed by atoms with van der Waals surface area (Å²) in [6.07, 6.45) is 6.49. The van der Waals surface area contributed by atoms with Crippen molar-refractivity contribution < 1.29 is 9.90 Å². The van der Waals surface area contributed by atoms with Crippen LogP contribution in [-0.2, 0) is 4.79 Å². The lowest BCUT2D eigenvalue weighted by Crippen LogP contribution is -2.37. The molecule has 1 amide bonds. The van der Waals surface area contributed by atoms with Crippen LogP contribution in [0.2, 0.25) is 0 Å². The molecule has 0 bridgehead atoms. The molecule has 2 atom stereocenters. The van der Waals surface area contributed by atoms with Crippen LogP contribution in [0.4, 0.5) is 0 Å². The number of benzene rings is 1. The molecular formula is C17H23NO2. The van der Waals surface area contributed by atoms with Crippen LogP contribution in [0.25, 0.3) is 6.08 Å².